The van der Waals surface area contributed by atoms with Crippen molar-refractivity contribution in [3.63, 3.8) is 0 Å². The molecular weight excluding hydrogens is 727 g/mol. The molecule has 0 radical (unpaired) electrons. The van der Waals surface area contributed by atoms with Crippen LogP contribution in [0.5, 0.6) is 0 Å². The van der Waals surface area contributed by atoms with E-state index in [0.717, 1.165) is 65.7 Å². The molecule has 258 valence electrons. The van der Waals surface area contributed by atoms with Crippen LogP contribution in [0.15, 0.2) is 157 Å². The summed E-state index contributed by atoms with van der Waals surface area (Å²) in [5, 5.41) is 43.3. The van der Waals surface area contributed by atoms with Gasteiger partial charge in [0.15, 0.2) is 0 Å². The third-order valence-corrected chi connectivity index (χ3v) is 14.3. The average Bonchev–Trinajstić information content (AvgIpc) is 3.74. The molecule has 0 spiro atoms. The highest BCUT2D eigenvalue weighted by atomic mass is 31.1. The summed E-state index contributed by atoms with van der Waals surface area (Å²) in [7, 11) is -2.35. The van der Waals surface area contributed by atoms with Gasteiger partial charge < -0.3 is 0 Å². The number of rotatable bonds is 6. The van der Waals surface area contributed by atoms with Gasteiger partial charge in [-0.1, -0.05) is 48.5 Å². The van der Waals surface area contributed by atoms with Crippen LogP contribution >= 0.6 is 15.8 Å². The zero-order chi connectivity index (χ0) is 38.2. The van der Waals surface area contributed by atoms with Gasteiger partial charge in [-0.3, -0.25) is 19.9 Å². The lowest BCUT2D eigenvalue weighted by atomic mass is 9.93. The van der Waals surface area contributed by atoms with Crippen molar-refractivity contribution in [2.45, 2.75) is 0 Å². The predicted octanol–water partition coefficient (Wildman–Crippen LogP) is 6.44. The molecule has 10 heteroatoms. The molecule has 2 aliphatic carbocycles. The lowest BCUT2D eigenvalue weighted by Gasteiger charge is -2.18. The zero-order valence-electron chi connectivity index (χ0n) is 29.3. The molecule has 2 aliphatic rings. The van der Waals surface area contributed by atoms with Gasteiger partial charge in [0.25, 0.3) is 0 Å². The summed E-state index contributed by atoms with van der Waals surface area (Å²) >= 11 is 0. The Morgan fingerprint density at radius 3 is 0.982 bits per heavy atom. The van der Waals surface area contributed by atoms with Crippen molar-refractivity contribution in [2.24, 2.45) is 0 Å². The Bertz CT molecular complexity index is 2650. The maximum atomic E-state index is 10.3. The molecule has 0 fully saturated rings. The van der Waals surface area contributed by atoms with E-state index in [9.17, 15) is 21.0 Å². The minimum absolute atomic E-state index is 0.0254. The SMILES string of the molecule is N#CC(C#N)=C1c2cc(P(c3ccccn3)c3ccccn3)ccc2-c2cc3c(cc21)C(=C(C#N)C#N)c1cc(P(c2ccccn2)c2ccccn2)ccc1-3. The molecule has 9 rings (SSSR count). The van der Waals surface area contributed by atoms with Crippen molar-refractivity contribution in [3.05, 3.63) is 180 Å². The lowest BCUT2D eigenvalue weighted by Crippen LogP contribution is -2.24. The minimum Gasteiger partial charge on any atom is -0.256 e. The van der Waals surface area contributed by atoms with E-state index in [0.29, 0.717) is 22.3 Å². The fraction of sp³-hybridized carbons (Fsp3) is 0. The molecule has 4 aromatic heterocycles. The number of nitriles is 4. The predicted molar refractivity (Wildman–Crippen MR) is 220 cm³/mol. The molecule has 0 N–H and O–H groups in total. The number of hydrogen-bond acceptors (Lipinski definition) is 8. The molecular formula is C46H24N8P2. The maximum absolute atomic E-state index is 10.3. The van der Waals surface area contributed by atoms with Crippen LogP contribution in [-0.2, 0) is 0 Å². The Morgan fingerprint density at radius 2 is 0.679 bits per heavy atom. The van der Waals surface area contributed by atoms with E-state index in [1.807, 2.05) is 78.9 Å². The number of fused-ring (bicyclic) bond motifs is 6. The van der Waals surface area contributed by atoms with E-state index < -0.39 is 15.8 Å². The van der Waals surface area contributed by atoms with Crippen LogP contribution in [0.3, 0.4) is 0 Å². The fourth-order valence-corrected chi connectivity index (χ4v) is 11.7. The van der Waals surface area contributed by atoms with Gasteiger partial charge >= 0.3 is 0 Å². The van der Waals surface area contributed by atoms with Crippen LogP contribution in [0.2, 0.25) is 0 Å². The molecule has 0 saturated carbocycles. The first-order valence-corrected chi connectivity index (χ1v) is 20.1. The molecule has 4 heterocycles. The summed E-state index contributed by atoms with van der Waals surface area (Å²) in [6, 6.07) is 48.4. The zero-order valence-corrected chi connectivity index (χ0v) is 31.1. The Labute approximate surface area is 325 Å². The lowest BCUT2D eigenvalue weighted by molar-refractivity contribution is 1.37. The van der Waals surface area contributed by atoms with Gasteiger partial charge in [-0.2, -0.15) is 21.0 Å². The number of benzene rings is 3. The van der Waals surface area contributed by atoms with Crippen molar-refractivity contribution < 1.29 is 0 Å². The molecule has 8 nitrogen and oxygen atoms in total. The van der Waals surface area contributed by atoms with Crippen molar-refractivity contribution >= 4 is 59.3 Å². The van der Waals surface area contributed by atoms with Crippen LogP contribution < -0.4 is 32.3 Å². The van der Waals surface area contributed by atoms with E-state index >= 15 is 0 Å². The molecule has 0 amide bonds. The van der Waals surface area contributed by atoms with Gasteiger partial charge in [0.2, 0.25) is 0 Å². The first kappa shape index (κ1) is 34.3. The van der Waals surface area contributed by atoms with Crippen molar-refractivity contribution in [3.8, 4) is 46.5 Å². The highest BCUT2D eigenvalue weighted by Crippen LogP contribution is 2.54. The van der Waals surface area contributed by atoms with Crippen molar-refractivity contribution in [1.82, 2.24) is 19.9 Å². The van der Waals surface area contributed by atoms with E-state index in [1.54, 1.807) is 24.8 Å². The van der Waals surface area contributed by atoms with Crippen LogP contribution in [-0.4, -0.2) is 19.9 Å². The molecule has 0 unspecified atom stereocenters. The monoisotopic (exact) mass is 750 g/mol. The number of hydrogen-bond donors (Lipinski definition) is 0. The molecule has 0 bridgehead atoms. The summed E-state index contributed by atoms with van der Waals surface area (Å²) in [5.41, 5.74) is 10.9. The topological polar surface area (TPSA) is 147 Å². The van der Waals surface area contributed by atoms with Crippen LogP contribution in [0, 0.1) is 45.3 Å². The standard InChI is InChI=1S/C46H24N8P2/c47-25-29(26-48)45-37-21-31(55(41-9-1-5-17-51-41)42-10-2-6-18-52-42)13-15-33(37)35-23-36-34-16-14-32(22-38(34)46(30(27-49)28-50)40(36)24-39(35)45)56(43-11-3-7-19-53-43)44-12-4-8-20-54-44/h1-24H. The third kappa shape index (κ3) is 5.67. The summed E-state index contributed by atoms with van der Waals surface area (Å²) < 4.78 is 0. The molecule has 0 atom stereocenters. The molecule has 3 aromatic carbocycles. The van der Waals surface area contributed by atoms with Gasteiger partial charge in [0, 0.05) is 51.8 Å². The highest BCUT2D eigenvalue weighted by molar-refractivity contribution is 7.79. The van der Waals surface area contributed by atoms with E-state index in [4.69, 9.17) is 19.9 Å². The maximum Gasteiger partial charge on any atom is 0.138 e. The number of nitrogens with zero attached hydrogens (tertiary/aromatic N) is 8. The van der Waals surface area contributed by atoms with Crippen LogP contribution in [0.4, 0.5) is 0 Å². The second-order valence-electron chi connectivity index (χ2n) is 12.8. The van der Waals surface area contributed by atoms with Crippen molar-refractivity contribution in [2.75, 3.05) is 0 Å². The first-order valence-electron chi connectivity index (χ1n) is 17.4. The van der Waals surface area contributed by atoms with Gasteiger partial charge in [0.1, 0.15) is 35.4 Å². The second-order valence-corrected chi connectivity index (χ2v) is 17.0. The van der Waals surface area contributed by atoms with Crippen molar-refractivity contribution in [1.29, 1.82) is 21.0 Å². The van der Waals surface area contributed by atoms with Crippen LogP contribution in [0.1, 0.15) is 22.3 Å². The summed E-state index contributed by atoms with van der Waals surface area (Å²) in [5.74, 6) is 0. The van der Waals surface area contributed by atoms with Crippen LogP contribution in [0.25, 0.3) is 33.4 Å². The summed E-state index contributed by atoms with van der Waals surface area (Å²) in [4.78, 5) is 18.9. The Kier molecular flexibility index (Phi) is 8.84. The normalized spacial score (nSPS) is 11.8. The largest absolute Gasteiger partial charge is 0.256 e. The molecule has 0 saturated heterocycles. The smallest absolute Gasteiger partial charge is 0.138 e. The van der Waals surface area contributed by atoms with Gasteiger partial charge in [-0.05, 0) is 128 Å². The minimum atomic E-state index is -1.17. The van der Waals surface area contributed by atoms with Gasteiger partial charge in [-0.25, -0.2) is 0 Å². The Hall–Kier alpha value is -7.44. The molecule has 7 aromatic rings. The molecule has 56 heavy (non-hydrogen) atoms. The second kappa shape index (κ2) is 14.4. The van der Waals surface area contributed by atoms with Gasteiger partial charge in [0.05, 0.1) is 21.7 Å². The quantitative estimate of drug-likeness (QED) is 0.139. The van der Waals surface area contributed by atoms with Gasteiger partial charge in [-0.15, -0.1) is 0 Å². The molecule has 0 aliphatic heterocycles. The Balaban J connectivity index is 1.25. The summed E-state index contributed by atoms with van der Waals surface area (Å²) in [6.45, 7) is 0. The highest BCUT2D eigenvalue weighted by Gasteiger charge is 2.35. The Morgan fingerprint density at radius 1 is 0.357 bits per heavy atom. The third-order valence-electron chi connectivity index (χ3n) is 9.80. The number of aromatic nitrogens is 4. The summed E-state index contributed by atoms with van der Waals surface area (Å²) in [6.07, 6.45) is 7.09. The van der Waals surface area contributed by atoms with E-state index in [1.165, 1.54) is 0 Å². The fourth-order valence-electron chi connectivity index (χ4n) is 7.50. The average molecular weight is 751 g/mol. The number of allylic oxidation sites excluding steroid dienone is 2. The van der Waals surface area contributed by atoms with E-state index in [2.05, 4.69) is 66.7 Å². The number of pyridine rings is 4. The first-order chi connectivity index (χ1) is 27.6. The van der Waals surface area contributed by atoms with E-state index in [-0.39, 0.29) is 11.1 Å².